The first-order chi connectivity index (χ1) is 18.4. The standard InChI is InChI=1S/C31H30N4O3/c1-22(23-9-5-3-6-10-23)33-30(37)24-13-17-26(18-14-24)32-21-29(36)34-27-19-15-25(16-20-27)31(38)35(2)28-11-7-4-8-12-28/h3-20,22,32H,21H2,1-2H3,(H,33,37)(H,34,36). The van der Waals surface area contributed by atoms with E-state index in [9.17, 15) is 14.4 Å². The zero-order chi connectivity index (χ0) is 26.9. The predicted molar refractivity (Wildman–Crippen MR) is 152 cm³/mol. The van der Waals surface area contributed by atoms with Gasteiger partial charge in [0.1, 0.15) is 0 Å². The van der Waals surface area contributed by atoms with E-state index in [1.807, 2.05) is 67.6 Å². The van der Waals surface area contributed by atoms with Gasteiger partial charge in [-0.15, -0.1) is 0 Å². The van der Waals surface area contributed by atoms with Crippen LogP contribution in [0.5, 0.6) is 0 Å². The minimum absolute atomic E-state index is 0.0496. The van der Waals surface area contributed by atoms with Crippen LogP contribution in [0.15, 0.2) is 109 Å². The van der Waals surface area contributed by atoms with Crippen molar-refractivity contribution in [3.63, 3.8) is 0 Å². The molecular formula is C31H30N4O3. The summed E-state index contributed by atoms with van der Waals surface area (Å²) in [7, 11) is 1.73. The molecule has 0 heterocycles. The predicted octanol–water partition coefficient (Wildman–Crippen LogP) is 5.50. The molecule has 4 aromatic rings. The summed E-state index contributed by atoms with van der Waals surface area (Å²) in [6.45, 7) is 1.99. The van der Waals surface area contributed by atoms with Gasteiger partial charge in [-0.2, -0.15) is 0 Å². The lowest BCUT2D eigenvalue weighted by atomic mass is 10.1. The quantitative estimate of drug-likeness (QED) is 0.279. The van der Waals surface area contributed by atoms with E-state index in [1.165, 1.54) is 0 Å². The molecule has 4 aromatic carbocycles. The molecule has 4 rings (SSSR count). The molecule has 192 valence electrons. The van der Waals surface area contributed by atoms with Crippen LogP contribution in [-0.2, 0) is 4.79 Å². The number of para-hydroxylation sites is 1. The van der Waals surface area contributed by atoms with Crippen molar-refractivity contribution in [1.29, 1.82) is 0 Å². The van der Waals surface area contributed by atoms with Crippen molar-refractivity contribution < 1.29 is 14.4 Å². The van der Waals surface area contributed by atoms with Crippen molar-refractivity contribution in [2.45, 2.75) is 13.0 Å². The molecule has 7 heteroatoms. The van der Waals surface area contributed by atoms with Crippen molar-refractivity contribution in [2.24, 2.45) is 0 Å². The Bertz CT molecular complexity index is 1370. The second-order valence-corrected chi connectivity index (χ2v) is 8.86. The Labute approximate surface area is 222 Å². The summed E-state index contributed by atoms with van der Waals surface area (Å²) in [6.07, 6.45) is 0. The SMILES string of the molecule is CC(NC(=O)c1ccc(NCC(=O)Nc2ccc(C(=O)N(C)c3ccccc3)cc2)cc1)c1ccccc1. The summed E-state index contributed by atoms with van der Waals surface area (Å²) in [4.78, 5) is 39.3. The summed E-state index contributed by atoms with van der Waals surface area (Å²) < 4.78 is 0. The molecule has 0 aliphatic rings. The molecule has 0 radical (unpaired) electrons. The molecule has 0 saturated carbocycles. The monoisotopic (exact) mass is 506 g/mol. The van der Waals surface area contributed by atoms with Crippen LogP contribution in [0.2, 0.25) is 0 Å². The molecule has 0 fully saturated rings. The Kier molecular flexibility index (Phi) is 8.51. The summed E-state index contributed by atoms with van der Waals surface area (Å²) in [6, 6.07) is 32.8. The van der Waals surface area contributed by atoms with E-state index in [2.05, 4.69) is 16.0 Å². The van der Waals surface area contributed by atoms with Crippen LogP contribution in [0.3, 0.4) is 0 Å². The smallest absolute Gasteiger partial charge is 0.258 e. The van der Waals surface area contributed by atoms with E-state index in [1.54, 1.807) is 60.5 Å². The van der Waals surface area contributed by atoms with Gasteiger partial charge in [-0.05, 0) is 73.2 Å². The first kappa shape index (κ1) is 26.2. The Morgan fingerprint density at radius 2 is 1.26 bits per heavy atom. The Hall–Kier alpha value is -4.91. The van der Waals surface area contributed by atoms with Crippen molar-refractivity contribution in [3.05, 3.63) is 126 Å². The van der Waals surface area contributed by atoms with Crippen LogP contribution >= 0.6 is 0 Å². The topological polar surface area (TPSA) is 90.5 Å². The minimum atomic E-state index is -0.232. The van der Waals surface area contributed by atoms with Gasteiger partial charge in [0.05, 0.1) is 12.6 Å². The van der Waals surface area contributed by atoms with Crippen LogP contribution in [0.25, 0.3) is 0 Å². The van der Waals surface area contributed by atoms with Gasteiger partial charge in [-0.25, -0.2) is 0 Å². The molecule has 3 N–H and O–H groups in total. The van der Waals surface area contributed by atoms with Gasteiger partial charge in [0.15, 0.2) is 0 Å². The van der Waals surface area contributed by atoms with E-state index >= 15 is 0 Å². The molecule has 0 saturated heterocycles. The highest BCUT2D eigenvalue weighted by molar-refractivity contribution is 6.06. The van der Waals surface area contributed by atoms with Gasteiger partial charge >= 0.3 is 0 Å². The Morgan fingerprint density at radius 3 is 1.89 bits per heavy atom. The fraction of sp³-hybridized carbons (Fsp3) is 0.129. The molecule has 3 amide bonds. The van der Waals surface area contributed by atoms with E-state index in [4.69, 9.17) is 0 Å². The molecule has 0 aliphatic heterocycles. The van der Waals surface area contributed by atoms with E-state index in [0.717, 1.165) is 16.9 Å². The highest BCUT2D eigenvalue weighted by Crippen LogP contribution is 2.17. The average Bonchev–Trinajstić information content (AvgIpc) is 2.97. The lowest BCUT2D eigenvalue weighted by Crippen LogP contribution is -2.26. The van der Waals surface area contributed by atoms with Crippen LogP contribution in [-0.4, -0.2) is 31.3 Å². The van der Waals surface area contributed by atoms with Crippen LogP contribution in [0, 0.1) is 0 Å². The molecule has 0 spiro atoms. The fourth-order valence-corrected chi connectivity index (χ4v) is 3.89. The van der Waals surface area contributed by atoms with Gasteiger partial charge in [0, 0.05) is 35.2 Å². The highest BCUT2D eigenvalue weighted by atomic mass is 16.2. The second-order valence-electron chi connectivity index (χ2n) is 8.86. The van der Waals surface area contributed by atoms with Crippen molar-refractivity contribution in [3.8, 4) is 0 Å². The summed E-state index contributed by atoms with van der Waals surface area (Å²) in [5.41, 5.74) is 4.21. The number of carbonyl (C=O) groups excluding carboxylic acids is 3. The largest absolute Gasteiger partial charge is 0.376 e. The van der Waals surface area contributed by atoms with Crippen LogP contribution < -0.4 is 20.9 Å². The van der Waals surface area contributed by atoms with Gasteiger partial charge in [0.2, 0.25) is 5.91 Å². The third-order valence-electron chi connectivity index (χ3n) is 6.11. The molecule has 7 nitrogen and oxygen atoms in total. The maximum Gasteiger partial charge on any atom is 0.258 e. The van der Waals surface area contributed by atoms with Crippen molar-refractivity contribution in [1.82, 2.24) is 5.32 Å². The lowest BCUT2D eigenvalue weighted by Gasteiger charge is -2.17. The Morgan fingerprint density at radius 1 is 0.711 bits per heavy atom. The Balaban J connectivity index is 1.25. The minimum Gasteiger partial charge on any atom is -0.376 e. The first-order valence-electron chi connectivity index (χ1n) is 12.3. The molecule has 0 aromatic heterocycles. The number of anilines is 3. The maximum atomic E-state index is 12.7. The molecule has 1 atom stereocenters. The van der Waals surface area contributed by atoms with Crippen molar-refractivity contribution in [2.75, 3.05) is 29.1 Å². The molecular weight excluding hydrogens is 476 g/mol. The fourth-order valence-electron chi connectivity index (χ4n) is 3.89. The van der Waals surface area contributed by atoms with Gasteiger partial charge in [-0.1, -0.05) is 48.5 Å². The number of benzene rings is 4. The number of amides is 3. The molecule has 0 bridgehead atoms. The van der Waals surface area contributed by atoms with Gasteiger partial charge in [0.25, 0.3) is 11.8 Å². The van der Waals surface area contributed by atoms with Crippen LogP contribution in [0.1, 0.15) is 39.2 Å². The normalized spacial score (nSPS) is 11.2. The number of rotatable bonds is 9. The number of nitrogens with zero attached hydrogens (tertiary/aromatic N) is 1. The zero-order valence-corrected chi connectivity index (χ0v) is 21.3. The highest BCUT2D eigenvalue weighted by Gasteiger charge is 2.14. The van der Waals surface area contributed by atoms with Gasteiger partial charge < -0.3 is 20.9 Å². The van der Waals surface area contributed by atoms with Crippen molar-refractivity contribution >= 4 is 34.8 Å². The number of hydrogen-bond donors (Lipinski definition) is 3. The second kappa shape index (κ2) is 12.4. The number of carbonyl (C=O) groups is 3. The third kappa shape index (κ3) is 6.85. The summed E-state index contributed by atoms with van der Waals surface area (Å²) >= 11 is 0. The first-order valence-corrected chi connectivity index (χ1v) is 12.3. The van der Waals surface area contributed by atoms with E-state index in [-0.39, 0.29) is 30.3 Å². The summed E-state index contributed by atoms with van der Waals surface area (Å²) in [5.74, 6) is -0.533. The van der Waals surface area contributed by atoms with Crippen LogP contribution in [0.4, 0.5) is 17.1 Å². The summed E-state index contributed by atoms with van der Waals surface area (Å²) in [5, 5.41) is 8.86. The van der Waals surface area contributed by atoms with E-state index in [0.29, 0.717) is 16.8 Å². The average molecular weight is 507 g/mol. The van der Waals surface area contributed by atoms with Gasteiger partial charge in [-0.3, -0.25) is 14.4 Å². The van der Waals surface area contributed by atoms with E-state index < -0.39 is 0 Å². The third-order valence-corrected chi connectivity index (χ3v) is 6.11. The molecule has 38 heavy (non-hydrogen) atoms. The maximum absolute atomic E-state index is 12.7. The lowest BCUT2D eigenvalue weighted by molar-refractivity contribution is -0.114. The number of nitrogens with one attached hydrogen (secondary N) is 3. The number of hydrogen-bond acceptors (Lipinski definition) is 4. The molecule has 1 unspecified atom stereocenters. The molecule has 0 aliphatic carbocycles. The zero-order valence-electron chi connectivity index (χ0n) is 21.3.